The minimum Gasteiger partial charge on any atom is -0.303 e. The number of benzene rings is 1. The van der Waals surface area contributed by atoms with Gasteiger partial charge in [-0.25, -0.2) is 0 Å². The first-order valence-corrected chi connectivity index (χ1v) is 11.8. The van der Waals surface area contributed by atoms with E-state index in [0.717, 1.165) is 11.8 Å². The summed E-state index contributed by atoms with van der Waals surface area (Å²) in [5.74, 6) is 1.73. The summed E-state index contributed by atoms with van der Waals surface area (Å²) in [7, 11) is 0. The average molecular weight is 374 g/mol. The molecule has 1 heteroatoms. The number of hydrogen-bond donors (Lipinski definition) is 0. The number of hydrogen-bond acceptors (Lipinski definition) is 1. The lowest BCUT2D eigenvalue weighted by Gasteiger charge is -2.22. The lowest BCUT2D eigenvalue weighted by atomic mass is 10.0. The van der Waals surface area contributed by atoms with Crippen molar-refractivity contribution in [3.63, 3.8) is 0 Å². The molecule has 0 fully saturated rings. The highest BCUT2D eigenvalue weighted by molar-refractivity contribution is 5.14. The van der Waals surface area contributed by atoms with Crippen molar-refractivity contribution < 1.29 is 0 Å². The van der Waals surface area contributed by atoms with Crippen LogP contribution < -0.4 is 0 Å². The van der Waals surface area contributed by atoms with Gasteiger partial charge in [0.05, 0.1) is 0 Å². The second kappa shape index (κ2) is 16.2. The Bertz CT molecular complexity index is 403. The van der Waals surface area contributed by atoms with E-state index in [0.29, 0.717) is 0 Å². The molecule has 0 radical (unpaired) electrons. The number of nitrogens with zero attached hydrogens (tertiary/aromatic N) is 1. The quantitative estimate of drug-likeness (QED) is 0.252. The topological polar surface area (TPSA) is 3.24 Å². The third kappa shape index (κ3) is 14.9. The summed E-state index contributed by atoms with van der Waals surface area (Å²) in [6.45, 7) is 13.2. The molecule has 0 aliphatic heterocycles. The summed E-state index contributed by atoms with van der Waals surface area (Å²) >= 11 is 0. The lowest BCUT2D eigenvalue weighted by molar-refractivity contribution is 0.262. The van der Waals surface area contributed by atoms with E-state index in [2.05, 4.69) is 62.9 Å². The molecule has 1 aromatic carbocycles. The molecule has 0 N–H and O–H groups in total. The van der Waals surface area contributed by atoms with Crippen molar-refractivity contribution in [2.45, 2.75) is 98.3 Å². The zero-order valence-corrected chi connectivity index (χ0v) is 18.9. The van der Waals surface area contributed by atoms with Crippen LogP contribution in [0.25, 0.3) is 0 Å². The monoisotopic (exact) mass is 373 g/mol. The summed E-state index contributed by atoms with van der Waals surface area (Å²) in [6, 6.07) is 11.0. The molecule has 0 bridgehead atoms. The Morgan fingerprint density at radius 3 is 1.56 bits per heavy atom. The zero-order valence-electron chi connectivity index (χ0n) is 18.9. The minimum atomic E-state index is 0.864. The maximum Gasteiger partial charge on any atom is 0.00218 e. The predicted molar refractivity (Wildman–Crippen MR) is 122 cm³/mol. The first-order valence-electron chi connectivity index (χ1n) is 11.8. The van der Waals surface area contributed by atoms with Crippen LogP contribution in [0.2, 0.25) is 0 Å². The van der Waals surface area contributed by atoms with Crippen LogP contribution in [0.15, 0.2) is 30.3 Å². The lowest BCUT2D eigenvalue weighted by Crippen LogP contribution is -2.28. The molecule has 0 spiro atoms. The highest BCUT2D eigenvalue weighted by Gasteiger charge is 2.06. The van der Waals surface area contributed by atoms with Crippen LogP contribution in [-0.4, -0.2) is 24.5 Å². The van der Waals surface area contributed by atoms with Crippen molar-refractivity contribution in [3.05, 3.63) is 35.9 Å². The molecule has 1 nitrogen and oxygen atoms in total. The Balaban J connectivity index is 2.23. The van der Waals surface area contributed by atoms with Crippen LogP contribution >= 0.6 is 0 Å². The van der Waals surface area contributed by atoms with E-state index in [1.165, 1.54) is 95.8 Å². The summed E-state index contributed by atoms with van der Waals surface area (Å²) in [4.78, 5) is 2.73. The molecular formula is C26H47N. The number of rotatable bonds is 17. The van der Waals surface area contributed by atoms with Crippen LogP contribution in [0, 0.1) is 11.8 Å². The van der Waals surface area contributed by atoms with Gasteiger partial charge in [0, 0.05) is 6.54 Å². The Morgan fingerprint density at radius 1 is 0.593 bits per heavy atom. The van der Waals surface area contributed by atoms with E-state index >= 15 is 0 Å². The fourth-order valence-corrected chi connectivity index (χ4v) is 3.75. The molecule has 156 valence electrons. The third-order valence-electron chi connectivity index (χ3n) is 5.57. The molecule has 1 rings (SSSR count). The van der Waals surface area contributed by atoms with E-state index < -0.39 is 0 Å². The van der Waals surface area contributed by atoms with Gasteiger partial charge in [-0.2, -0.15) is 0 Å². The summed E-state index contributed by atoms with van der Waals surface area (Å²) in [5.41, 5.74) is 1.48. The fraction of sp³-hybridized carbons (Fsp3) is 0.769. The zero-order chi connectivity index (χ0) is 19.7. The van der Waals surface area contributed by atoms with Gasteiger partial charge in [0.1, 0.15) is 0 Å². The van der Waals surface area contributed by atoms with E-state index in [-0.39, 0.29) is 0 Å². The van der Waals surface area contributed by atoms with Crippen molar-refractivity contribution in [2.75, 3.05) is 19.6 Å². The molecule has 0 saturated carbocycles. The molecule has 0 heterocycles. The molecule has 0 atom stereocenters. The summed E-state index contributed by atoms with van der Waals surface area (Å²) in [6.07, 6.45) is 15.2. The second-order valence-corrected chi connectivity index (χ2v) is 9.27. The molecule has 0 aromatic heterocycles. The van der Waals surface area contributed by atoms with Crippen LogP contribution in [0.1, 0.15) is 97.5 Å². The van der Waals surface area contributed by atoms with Gasteiger partial charge in [0.25, 0.3) is 0 Å². The Morgan fingerprint density at radius 2 is 1.07 bits per heavy atom. The molecule has 0 amide bonds. The first kappa shape index (κ1) is 24.2. The van der Waals surface area contributed by atoms with Gasteiger partial charge in [-0.15, -0.1) is 0 Å². The van der Waals surface area contributed by atoms with E-state index in [9.17, 15) is 0 Å². The second-order valence-electron chi connectivity index (χ2n) is 9.27. The molecular weight excluding hydrogens is 326 g/mol. The van der Waals surface area contributed by atoms with Gasteiger partial charge >= 0.3 is 0 Å². The highest BCUT2D eigenvalue weighted by atomic mass is 15.1. The van der Waals surface area contributed by atoms with Crippen molar-refractivity contribution in [2.24, 2.45) is 11.8 Å². The van der Waals surface area contributed by atoms with E-state index in [1.54, 1.807) is 0 Å². The van der Waals surface area contributed by atoms with Crippen LogP contribution in [0.4, 0.5) is 0 Å². The Hall–Kier alpha value is -0.820. The van der Waals surface area contributed by atoms with Crippen molar-refractivity contribution in [3.8, 4) is 0 Å². The maximum atomic E-state index is 2.73. The van der Waals surface area contributed by atoms with Gasteiger partial charge in [-0.1, -0.05) is 109 Å². The Labute approximate surface area is 170 Å². The van der Waals surface area contributed by atoms with Gasteiger partial charge in [-0.3, -0.25) is 0 Å². The van der Waals surface area contributed by atoms with Crippen LogP contribution in [-0.2, 0) is 6.42 Å². The average Bonchev–Trinajstić information content (AvgIpc) is 2.64. The number of unbranched alkanes of at least 4 members (excludes halogenated alkanes) is 6. The normalized spacial score (nSPS) is 11.8. The van der Waals surface area contributed by atoms with E-state index in [1.807, 2.05) is 0 Å². The van der Waals surface area contributed by atoms with Crippen LogP contribution in [0.5, 0.6) is 0 Å². The summed E-state index contributed by atoms with van der Waals surface area (Å²) < 4.78 is 0. The van der Waals surface area contributed by atoms with Crippen LogP contribution in [0.3, 0.4) is 0 Å². The third-order valence-corrected chi connectivity index (χ3v) is 5.57. The fourth-order valence-electron chi connectivity index (χ4n) is 3.75. The molecule has 0 aliphatic carbocycles. The summed E-state index contributed by atoms with van der Waals surface area (Å²) in [5, 5.41) is 0. The van der Waals surface area contributed by atoms with E-state index in [4.69, 9.17) is 0 Å². The highest BCUT2D eigenvalue weighted by Crippen LogP contribution is 2.12. The van der Waals surface area contributed by atoms with Gasteiger partial charge < -0.3 is 4.90 Å². The maximum absolute atomic E-state index is 2.73. The smallest absolute Gasteiger partial charge is 0.00218 e. The Kier molecular flexibility index (Phi) is 14.5. The van der Waals surface area contributed by atoms with Gasteiger partial charge in [0.15, 0.2) is 0 Å². The van der Waals surface area contributed by atoms with Gasteiger partial charge in [-0.05, 0) is 49.8 Å². The van der Waals surface area contributed by atoms with Crippen molar-refractivity contribution in [1.29, 1.82) is 0 Å². The molecule has 0 saturated heterocycles. The minimum absolute atomic E-state index is 0.864. The largest absolute Gasteiger partial charge is 0.303 e. The SMILES string of the molecule is CC(C)CCCCCCN(CCCCCCC(C)C)CCc1ccccc1. The molecule has 0 aliphatic rings. The molecule has 27 heavy (non-hydrogen) atoms. The standard InChI is InChI=1S/C26H47N/c1-24(2)16-10-5-7-14-21-27(22-15-8-6-11-17-25(3)4)23-20-26-18-12-9-13-19-26/h9,12-13,18-19,24-25H,5-8,10-11,14-17,20-23H2,1-4H3. The van der Waals surface area contributed by atoms with Gasteiger partial charge in [0.2, 0.25) is 0 Å². The molecule has 0 unspecified atom stereocenters. The first-order chi connectivity index (χ1) is 13.1. The van der Waals surface area contributed by atoms with Crippen molar-refractivity contribution in [1.82, 2.24) is 4.90 Å². The van der Waals surface area contributed by atoms with Crippen molar-refractivity contribution >= 4 is 0 Å². The molecule has 1 aromatic rings. The predicted octanol–water partition coefficient (Wildman–Crippen LogP) is 7.74.